The lowest BCUT2D eigenvalue weighted by Crippen LogP contribution is -2.21. The molecule has 0 aliphatic heterocycles. The zero-order chi connectivity index (χ0) is 16.4. The van der Waals surface area contributed by atoms with Crippen molar-refractivity contribution >= 4 is 34.8 Å². The Bertz CT molecular complexity index is 818. The van der Waals surface area contributed by atoms with Crippen LogP contribution in [0.2, 0.25) is 15.2 Å². The van der Waals surface area contributed by atoms with E-state index in [9.17, 15) is 4.79 Å². The summed E-state index contributed by atoms with van der Waals surface area (Å²) in [6.45, 7) is 2.43. The van der Waals surface area contributed by atoms with Gasteiger partial charge in [0, 0.05) is 13.1 Å². The predicted molar refractivity (Wildman–Crippen MR) is 86.5 cm³/mol. The number of halogens is 3. The molecule has 0 aliphatic rings. The van der Waals surface area contributed by atoms with Gasteiger partial charge in [0.2, 0.25) is 0 Å². The molecule has 0 amide bonds. The molecule has 0 aliphatic carbocycles. The molecule has 0 N–H and O–H groups in total. The molecule has 5 nitrogen and oxygen atoms in total. The number of aromatic nitrogens is 2. The molecule has 2 aromatic rings. The first-order valence-electron chi connectivity index (χ1n) is 6.41. The fourth-order valence-corrected chi connectivity index (χ4v) is 2.77. The highest BCUT2D eigenvalue weighted by Gasteiger charge is 2.20. The monoisotopic (exact) mass is 359 g/mol. The van der Waals surface area contributed by atoms with Crippen LogP contribution < -0.4 is 10.4 Å². The summed E-state index contributed by atoms with van der Waals surface area (Å²) in [5.74, 6) is 0.397. The van der Waals surface area contributed by atoms with Crippen molar-refractivity contribution in [2.45, 2.75) is 13.3 Å². The average Bonchev–Trinajstić information content (AvgIpc) is 2.69. The van der Waals surface area contributed by atoms with Gasteiger partial charge in [-0.1, -0.05) is 41.7 Å². The zero-order valence-corrected chi connectivity index (χ0v) is 14.1. The third-order valence-corrected chi connectivity index (χ3v) is 3.96. The van der Waals surface area contributed by atoms with Crippen molar-refractivity contribution in [3.63, 3.8) is 0 Å². The molecule has 0 bridgehead atoms. The van der Waals surface area contributed by atoms with Crippen LogP contribution in [-0.2, 0) is 7.05 Å². The number of nitriles is 1. The van der Waals surface area contributed by atoms with Crippen LogP contribution in [-0.4, -0.2) is 15.7 Å². The van der Waals surface area contributed by atoms with E-state index in [1.165, 1.54) is 19.2 Å². The van der Waals surface area contributed by atoms with Crippen LogP contribution in [0.15, 0.2) is 16.9 Å². The molecular weight excluding hydrogens is 349 g/mol. The normalized spacial score (nSPS) is 10.5. The quantitative estimate of drug-likeness (QED) is 0.833. The van der Waals surface area contributed by atoms with E-state index in [4.69, 9.17) is 44.8 Å². The molecule has 116 valence electrons. The highest BCUT2D eigenvalue weighted by atomic mass is 35.5. The van der Waals surface area contributed by atoms with Gasteiger partial charge in [-0.15, -0.1) is 0 Å². The Morgan fingerprint density at radius 3 is 2.50 bits per heavy atom. The van der Waals surface area contributed by atoms with Gasteiger partial charge >= 0.3 is 5.69 Å². The molecule has 0 fully saturated rings. The van der Waals surface area contributed by atoms with E-state index in [1.807, 2.05) is 13.0 Å². The zero-order valence-electron chi connectivity index (χ0n) is 11.9. The number of hydrogen-bond donors (Lipinski definition) is 0. The molecule has 0 atom stereocenters. The van der Waals surface area contributed by atoms with Crippen molar-refractivity contribution < 1.29 is 4.74 Å². The molecular formula is C14H12Cl3N3O2. The highest BCUT2D eigenvalue weighted by Crippen LogP contribution is 2.34. The van der Waals surface area contributed by atoms with E-state index in [1.54, 1.807) is 0 Å². The van der Waals surface area contributed by atoms with Gasteiger partial charge in [-0.25, -0.2) is 9.36 Å². The maximum absolute atomic E-state index is 12.3. The predicted octanol–water partition coefficient (Wildman–Crippen LogP) is 3.80. The first kappa shape index (κ1) is 16.8. The number of hydrogen-bond acceptors (Lipinski definition) is 3. The summed E-state index contributed by atoms with van der Waals surface area (Å²) in [5.41, 5.74) is -0.120. The van der Waals surface area contributed by atoms with Crippen LogP contribution in [0.4, 0.5) is 0 Å². The number of imidazole rings is 1. The summed E-state index contributed by atoms with van der Waals surface area (Å²) in [7, 11) is 1.46. The molecule has 1 heterocycles. The second kappa shape index (κ2) is 6.66. The maximum Gasteiger partial charge on any atom is 0.334 e. The minimum atomic E-state index is -0.479. The summed E-state index contributed by atoms with van der Waals surface area (Å²) in [5, 5.41) is 9.63. The van der Waals surface area contributed by atoms with Crippen LogP contribution in [0, 0.1) is 11.3 Å². The second-order valence-corrected chi connectivity index (χ2v) is 5.68. The average molecular weight is 361 g/mol. The molecule has 0 saturated heterocycles. The van der Waals surface area contributed by atoms with Crippen molar-refractivity contribution in [1.29, 1.82) is 5.26 Å². The van der Waals surface area contributed by atoms with Gasteiger partial charge in [-0.05, 0) is 12.5 Å². The summed E-state index contributed by atoms with van der Waals surface area (Å²) in [6.07, 6.45) is 0.804. The standard InChI is InChI=1S/C14H12Cl3N3O2/c1-3-4-22-12-6-10(8(15)5-9(12)16)20-13(17)11(7-18)19(2)14(20)21/h5-6H,3-4H2,1-2H3. The van der Waals surface area contributed by atoms with E-state index >= 15 is 0 Å². The van der Waals surface area contributed by atoms with Gasteiger partial charge in [0.1, 0.15) is 11.8 Å². The molecule has 1 aromatic carbocycles. The minimum absolute atomic E-state index is 0.0133. The summed E-state index contributed by atoms with van der Waals surface area (Å²) < 4.78 is 7.83. The van der Waals surface area contributed by atoms with Crippen LogP contribution in [0.25, 0.3) is 5.69 Å². The van der Waals surface area contributed by atoms with Crippen molar-refractivity contribution in [3.05, 3.63) is 43.5 Å². The lowest BCUT2D eigenvalue weighted by molar-refractivity contribution is 0.317. The van der Waals surface area contributed by atoms with Gasteiger partial charge < -0.3 is 4.74 Å². The van der Waals surface area contributed by atoms with Crippen molar-refractivity contribution in [2.75, 3.05) is 6.61 Å². The lowest BCUT2D eigenvalue weighted by Gasteiger charge is -2.11. The van der Waals surface area contributed by atoms with Gasteiger partial charge in [0.05, 0.1) is 22.3 Å². The van der Waals surface area contributed by atoms with E-state index in [0.717, 1.165) is 15.6 Å². The summed E-state index contributed by atoms with van der Waals surface area (Å²) in [6, 6.07) is 4.90. The number of benzene rings is 1. The Kier molecular flexibility index (Phi) is 5.07. The minimum Gasteiger partial charge on any atom is -0.492 e. The van der Waals surface area contributed by atoms with Crippen molar-refractivity contribution in [1.82, 2.24) is 9.13 Å². The number of ether oxygens (including phenoxy) is 1. The van der Waals surface area contributed by atoms with Crippen LogP contribution in [0.1, 0.15) is 19.0 Å². The third kappa shape index (κ3) is 2.82. The smallest absolute Gasteiger partial charge is 0.334 e. The summed E-state index contributed by atoms with van der Waals surface area (Å²) in [4.78, 5) is 12.3. The Labute approximate surface area is 142 Å². The molecule has 0 saturated carbocycles. The van der Waals surface area contributed by atoms with E-state index in [0.29, 0.717) is 23.1 Å². The summed E-state index contributed by atoms with van der Waals surface area (Å²) >= 11 is 18.4. The molecule has 0 radical (unpaired) electrons. The van der Waals surface area contributed by atoms with Crippen molar-refractivity contribution in [3.8, 4) is 17.5 Å². The molecule has 22 heavy (non-hydrogen) atoms. The van der Waals surface area contributed by atoms with Crippen LogP contribution >= 0.6 is 34.8 Å². The highest BCUT2D eigenvalue weighted by molar-refractivity contribution is 6.37. The number of rotatable bonds is 4. The molecule has 2 rings (SSSR count). The van der Waals surface area contributed by atoms with Gasteiger partial charge in [-0.3, -0.25) is 4.57 Å². The fourth-order valence-electron chi connectivity index (χ4n) is 1.92. The van der Waals surface area contributed by atoms with Gasteiger partial charge in [0.15, 0.2) is 10.8 Å². The largest absolute Gasteiger partial charge is 0.492 e. The molecule has 8 heteroatoms. The van der Waals surface area contributed by atoms with E-state index in [-0.39, 0.29) is 15.9 Å². The van der Waals surface area contributed by atoms with Gasteiger partial charge in [0.25, 0.3) is 0 Å². The topological polar surface area (TPSA) is 60.0 Å². The van der Waals surface area contributed by atoms with Crippen molar-refractivity contribution in [2.24, 2.45) is 7.05 Å². The Morgan fingerprint density at radius 2 is 1.95 bits per heavy atom. The fraction of sp³-hybridized carbons (Fsp3) is 0.286. The Morgan fingerprint density at radius 1 is 1.27 bits per heavy atom. The molecule has 0 spiro atoms. The first-order chi connectivity index (χ1) is 10.4. The van der Waals surface area contributed by atoms with Crippen LogP contribution in [0.5, 0.6) is 5.75 Å². The molecule has 1 aromatic heterocycles. The molecule has 0 unspecified atom stereocenters. The second-order valence-electron chi connectivity index (χ2n) is 4.51. The van der Waals surface area contributed by atoms with Crippen LogP contribution in [0.3, 0.4) is 0 Å². The van der Waals surface area contributed by atoms with Gasteiger partial charge in [-0.2, -0.15) is 5.26 Å². The van der Waals surface area contributed by atoms with E-state index in [2.05, 4.69) is 0 Å². The maximum atomic E-state index is 12.3. The Hall–Kier alpha value is -1.61. The van der Waals surface area contributed by atoms with E-state index < -0.39 is 5.69 Å². The Balaban J connectivity index is 2.68. The third-order valence-electron chi connectivity index (χ3n) is 3.02. The number of nitrogens with zero attached hydrogens (tertiary/aromatic N) is 3. The first-order valence-corrected chi connectivity index (χ1v) is 7.55. The lowest BCUT2D eigenvalue weighted by atomic mass is 10.3. The SMILES string of the molecule is CCCOc1cc(-n2c(Cl)c(C#N)n(C)c2=O)c(Cl)cc1Cl.